The Morgan fingerprint density at radius 2 is 2.27 bits per heavy atom. The van der Waals surface area contributed by atoms with Crippen LogP contribution in [0.1, 0.15) is 0 Å². The third-order valence-corrected chi connectivity index (χ3v) is 3.59. The van der Waals surface area contributed by atoms with E-state index in [9.17, 15) is 14.7 Å². The Bertz CT molecular complexity index is 750. The van der Waals surface area contributed by atoms with Crippen molar-refractivity contribution in [2.75, 3.05) is 18.2 Å². The van der Waals surface area contributed by atoms with E-state index in [1.54, 1.807) is 18.2 Å². The number of nitrogens with zero attached hydrogens (tertiary/aromatic N) is 1. The molecule has 2 rings (SSSR count). The molecule has 2 aromatic rings. The molecule has 0 atom stereocenters. The number of hydrogen-bond donors (Lipinski definition) is 3. The number of H-pyrrole nitrogens is 1. The predicted octanol–water partition coefficient (Wildman–Crippen LogP) is 1.87. The number of aromatic amines is 1. The van der Waals surface area contributed by atoms with Gasteiger partial charge in [0, 0.05) is 5.02 Å². The second-order valence-corrected chi connectivity index (χ2v) is 5.49. The van der Waals surface area contributed by atoms with E-state index in [0.717, 1.165) is 17.8 Å². The van der Waals surface area contributed by atoms with Crippen LogP contribution in [0.15, 0.2) is 34.2 Å². The number of anilines is 1. The topological polar surface area (TPSA) is 104 Å². The van der Waals surface area contributed by atoms with E-state index < -0.39 is 11.4 Å². The third kappa shape index (κ3) is 4.40. The highest BCUT2D eigenvalue weighted by Crippen LogP contribution is 2.27. The summed E-state index contributed by atoms with van der Waals surface area (Å²) < 4.78 is 5.12. The maximum Gasteiger partial charge on any atom is 0.255 e. The fourth-order valence-electron chi connectivity index (χ4n) is 1.59. The minimum atomic E-state index is -0.494. The third-order valence-electron chi connectivity index (χ3n) is 2.48. The molecular weight excluding hydrogens is 330 g/mol. The van der Waals surface area contributed by atoms with Gasteiger partial charge in [0.15, 0.2) is 5.16 Å². The molecule has 22 heavy (non-hydrogen) atoms. The molecule has 0 fully saturated rings. The van der Waals surface area contributed by atoms with Gasteiger partial charge < -0.3 is 20.1 Å². The van der Waals surface area contributed by atoms with Crippen LogP contribution in [-0.2, 0) is 4.79 Å². The lowest BCUT2D eigenvalue weighted by Crippen LogP contribution is -2.15. The molecule has 0 saturated carbocycles. The summed E-state index contributed by atoms with van der Waals surface area (Å²) in [6.07, 6.45) is 0. The fraction of sp³-hybridized carbons (Fsp3) is 0.154. The highest BCUT2D eigenvalue weighted by atomic mass is 35.5. The first-order valence-electron chi connectivity index (χ1n) is 6.04. The predicted molar refractivity (Wildman–Crippen MR) is 83.9 cm³/mol. The van der Waals surface area contributed by atoms with Gasteiger partial charge >= 0.3 is 0 Å². The first-order valence-corrected chi connectivity index (χ1v) is 7.41. The van der Waals surface area contributed by atoms with Crippen molar-refractivity contribution in [3.05, 3.63) is 39.6 Å². The Balaban J connectivity index is 2.01. The number of ether oxygens (including phenoxy) is 1. The highest BCUT2D eigenvalue weighted by Gasteiger charge is 2.10. The smallest absolute Gasteiger partial charge is 0.255 e. The van der Waals surface area contributed by atoms with E-state index in [1.165, 1.54) is 7.11 Å². The monoisotopic (exact) mass is 341 g/mol. The van der Waals surface area contributed by atoms with Gasteiger partial charge in [-0.1, -0.05) is 23.4 Å². The van der Waals surface area contributed by atoms with Crippen molar-refractivity contribution in [2.24, 2.45) is 0 Å². The van der Waals surface area contributed by atoms with Crippen LogP contribution < -0.4 is 15.6 Å². The summed E-state index contributed by atoms with van der Waals surface area (Å²) >= 11 is 6.86. The number of thioether (sulfide) groups is 1. The number of rotatable bonds is 5. The number of halogens is 1. The average molecular weight is 342 g/mol. The van der Waals surface area contributed by atoms with E-state index in [-0.39, 0.29) is 16.8 Å². The molecule has 9 heteroatoms. The molecule has 0 spiro atoms. The number of carbonyl (C=O) groups excluding carboxylic acids is 1. The van der Waals surface area contributed by atoms with Crippen LogP contribution in [0.25, 0.3) is 0 Å². The number of nitrogens with one attached hydrogen (secondary N) is 2. The minimum Gasteiger partial charge on any atom is -0.495 e. The summed E-state index contributed by atoms with van der Waals surface area (Å²) in [6, 6.07) is 5.80. The van der Waals surface area contributed by atoms with E-state index in [1.807, 2.05) is 0 Å². The Kier molecular flexibility index (Phi) is 5.29. The van der Waals surface area contributed by atoms with E-state index >= 15 is 0 Å². The van der Waals surface area contributed by atoms with Crippen molar-refractivity contribution in [3.63, 3.8) is 0 Å². The number of hydrogen-bond acceptors (Lipinski definition) is 6. The van der Waals surface area contributed by atoms with Crippen molar-refractivity contribution in [2.45, 2.75) is 5.16 Å². The SMILES string of the molecule is COc1ccc(Cl)cc1NC(=O)CSc1nc(O)cc(=O)[nH]1. The standard InChI is InChI=1S/C13H12ClN3O4S/c1-21-9-3-2-7(14)4-8(9)15-12(20)6-22-13-16-10(18)5-11(19)17-13/h2-5H,6H2,1H3,(H,15,20)(H2,16,17,18,19). The van der Waals surface area contributed by atoms with E-state index in [0.29, 0.717) is 16.5 Å². The number of amides is 1. The van der Waals surface area contributed by atoms with Crippen LogP contribution in [0.3, 0.4) is 0 Å². The molecule has 116 valence electrons. The Morgan fingerprint density at radius 1 is 1.50 bits per heavy atom. The number of aromatic nitrogens is 2. The lowest BCUT2D eigenvalue weighted by atomic mass is 10.3. The van der Waals surface area contributed by atoms with Gasteiger partial charge in [-0.15, -0.1) is 0 Å². The zero-order valence-electron chi connectivity index (χ0n) is 11.4. The zero-order chi connectivity index (χ0) is 16.1. The molecule has 0 aliphatic carbocycles. The van der Waals surface area contributed by atoms with Crippen LogP contribution in [0.4, 0.5) is 5.69 Å². The van der Waals surface area contributed by atoms with Crippen LogP contribution in [-0.4, -0.2) is 33.8 Å². The Hall–Kier alpha value is -2.19. The van der Waals surface area contributed by atoms with E-state index in [4.69, 9.17) is 16.3 Å². The summed E-state index contributed by atoms with van der Waals surface area (Å²) in [7, 11) is 1.48. The van der Waals surface area contributed by atoms with Crippen LogP contribution in [0.5, 0.6) is 11.6 Å². The molecule has 0 radical (unpaired) electrons. The first-order chi connectivity index (χ1) is 10.5. The van der Waals surface area contributed by atoms with Crippen molar-refractivity contribution in [1.82, 2.24) is 9.97 Å². The average Bonchev–Trinajstić information content (AvgIpc) is 2.44. The van der Waals surface area contributed by atoms with Gasteiger partial charge in [-0.2, -0.15) is 4.98 Å². The summed E-state index contributed by atoms with van der Waals surface area (Å²) in [5, 5.41) is 12.5. The van der Waals surface area contributed by atoms with Crippen molar-refractivity contribution < 1.29 is 14.6 Å². The molecule has 0 saturated heterocycles. The number of aromatic hydroxyl groups is 1. The Labute approximate surface area is 134 Å². The number of methoxy groups -OCH3 is 1. The van der Waals surface area contributed by atoms with Gasteiger partial charge in [0.25, 0.3) is 5.56 Å². The molecule has 0 aliphatic heterocycles. The molecule has 1 amide bonds. The zero-order valence-corrected chi connectivity index (χ0v) is 13.0. The number of benzene rings is 1. The largest absolute Gasteiger partial charge is 0.495 e. The second-order valence-electron chi connectivity index (χ2n) is 4.09. The van der Waals surface area contributed by atoms with Crippen LogP contribution in [0, 0.1) is 0 Å². The molecule has 0 aliphatic rings. The lowest BCUT2D eigenvalue weighted by molar-refractivity contribution is -0.113. The molecule has 1 aromatic carbocycles. The van der Waals surface area contributed by atoms with Gasteiger partial charge in [0.2, 0.25) is 11.8 Å². The van der Waals surface area contributed by atoms with Gasteiger partial charge in [-0.25, -0.2) is 0 Å². The maximum atomic E-state index is 11.9. The van der Waals surface area contributed by atoms with Crippen molar-refractivity contribution in [3.8, 4) is 11.6 Å². The second kappa shape index (κ2) is 7.19. The highest BCUT2D eigenvalue weighted by molar-refractivity contribution is 7.99. The van der Waals surface area contributed by atoms with Crippen molar-refractivity contribution >= 4 is 35.0 Å². The van der Waals surface area contributed by atoms with Crippen molar-refractivity contribution in [1.29, 1.82) is 0 Å². The van der Waals surface area contributed by atoms with Crippen LogP contribution in [0.2, 0.25) is 5.02 Å². The summed E-state index contributed by atoms with van der Waals surface area (Å²) in [6.45, 7) is 0. The molecular formula is C13H12ClN3O4S. The van der Waals surface area contributed by atoms with Gasteiger partial charge in [0.05, 0.1) is 24.6 Å². The molecule has 7 nitrogen and oxygen atoms in total. The normalized spacial score (nSPS) is 10.3. The summed E-state index contributed by atoms with van der Waals surface area (Å²) in [4.78, 5) is 29.2. The van der Waals surface area contributed by atoms with Gasteiger partial charge in [-0.3, -0.25) is 9.59 Å². The maximum absolute atomic E-state index is 11.9. The molecule has 3 N–H and O–H groups in total. The Morgan fingerprint density at radius 3 is 2.95 bits per heavy atom. The van der Waals surface area contributed by atoms with E-state index in [2.05, 4.69) is 15.3 Å². The molecule has 0 unspecified atom stereocenters. The molecule has 0 bridgehead atoms. The number of carbonyl (C=O) groups is 1. The summed E-state index contributed by atoms with van der Waals surface area (Å²) in [5.74, 6) is -0.270. The minimum absolute atomic E-state index is 0.0118. The molecule has 1 aromatic heterocycles. The fourth-order valence-corrected chi connectivity index (χ4v) is 2.43. The van der Waals surface area contributed by atoms with Gasteiger partial charge in [0.1, 0.15) is 5.75 Å². The summed E-state index contributed by atoms with van der Waals surface area (Å²) in [5.41, 5.74) is -0.0510. The lowest BCUT2D eigenvalue weighted by Gasteiger charge is -2.10. The molecule has 1 heterocycles. The van der Waals surface area contributed by atoms with Gasteiger partial charge in [-0.05, 0) is 18.2 Å². The quantitative estimate of drug-likeness (QED) is 0.566. The van der Waals surface area contributed by atoms with Crippen LogP contribution >= 0.6 is 23.4 Å². The first kappa shape index (κ1) is 16.2.